The summed E-state index contributed by atoms with van der Waals surface area (Å²) in [7, 11) is 0. The molecule has 0 fully saturated rings. The van der Waals surface area contributed by atoms with Crippen molar-refractivity contribution in [3.8, 4) is 5.75 Å². The second kappa shape index (κ2) is 11.0. The van der Waals surface area contributed by atoms with Crippen molar-refractivity contribution in [1.29, 1.82) is 0 Å². The number of esters is 1. The normalized spacial score (nSPS) is 10.5. The van der Waals surface area contributed by atoms with Crippen LogP contribution < -0.4 is 4.74 Å². The molecule has 0 aliphatic rings. The summed E-state index contributed by atoms with van der Waals surface area (Å²) in [5, 5.41) is 26.2. The van der Waals surface area contributed by atoms with Gasteiger partial charge in [-0.25, -0.2) is 4.79 Å². The second-order valence-electron chi connectivity index (χ2n) is 4.45. The van der Waals surface area contributed by atoms with Gasteiger partial charge in [0.1, 0.15) is 12.4 Å². The molecule has 0 unspecified atom stereocenters. The lowest BCUT2D eigenvalue weighted by molar-refractivity contribution is -0.00117. The Labute approximate surface area is 129 Å². The Morgan fingerprint density at radius 1 is 1.00 bits per heavy atom. The summed E-state index contributed by atoms with van der Waals surface area (Å²) < 4.78 is 15.3. The summed E-state index contributed by atoms with van der Waals surface area (Å²) in [6.45, 7) is -0.248. The molecule has 0 aliphatic carbocycles. The summed E-state index contributed by atoms with van der Waals surface area (Å²) in [6, 6.07) is 4.93. The number of aliphatic hydroxyl groups is 3. The van der Waals surface area contributed by atoms with Crippen LogP contribution in [0, 0.1) is 0 Å². The molecular weight excluding hydrogens is 292 g/mol. The zero-order valence-corrected chi connectivity index (χ0v) is 12.4. The fraction of sp³-hybridized carbons (Fsp3) is 0.533. The van der Waals surface area contributed by atoms with Gasteiger partial charge < -0.3 is 29.5 Å². The van der Waals surface area contributed by atoms with Gasteiger partial charge in [0.25, 0.3) is 0 Å². The summed E-state index contributed by atoms with van der Waals surface area (Å²) in [4.78, 5) is 11.9. The van der Waals surface area contributed by atoms with E-state index in [9.17, 15) is 4.79 Å². The van der Waals surface area contributed by atoms with Crippen molar-refractivity contribution >= 4 is 5.97 Å². The van der Waals surface area contributed by atoms with Crippen molar-refractivity contribution in [2.75, 3.05) is 39.8 Å². The van der Waals surface area contributed by atoms with Crippen molar-refractivity contribution in [3.05, 3.63) is 29.3 Å². The molecule has 124 valence electrons. The van der Waals surface area contributed by atoms with Gasteiger partial charge in [0.05, 0.1) is 25.4 Å². The van der Waals surface area contributed by atoms with Crippen LogP contribution in [0.2, 0.25) is 0 Å². The third kappa shape index (κ3) is 6.86. The van der Waals surface area contributed by atoms with Gasteiger partial charge >= 0.3 is 5.97 Å². The smallest absolute Gasteiger partial charge is 0.338 e. The molecule has 0 saturated carbocycles. The molecule has 0 aromatic heterocycles. The molecule has 7 nitrogen and oxygen atoms in total. The third-order valence-corrected chi connectivity index (χ3v) is 2.69. The standard InChI is InChI=1S/C15H22O7/c16-3-1-2-12-8-13(15(19)21-7-5-18)10-14(9-12)22-11-20-6-4-17/h8-10,16-18H,1-7,11H2. The molecule has 0 amide bonds. The molecule has 0 heterocycles. The number of carbonyl (C=O) groups is 1. The predicted molar refractivity (Wildman–Crippen MR) is 77.7 cm³/mol. The minimum Gasteiger partial charge on any atom is -0.468 e. The molecule has 0 saturated heterocycles. The topological polar surface area (TPSA) is 105 Å². The Morgan fingerprint density at radius 2 is 1.77 bits per heavy atom. The third-order valence-electron chi connectivity index (χ3n) is 2.69. The fourth-order valence-corrected chi connectivity index (χ4v) is 1.74. The molecule has 3 N–H and O–H groups in total. The van der Waals surface area contributed by atoms with Gasteiger partial charge in [-0.1, -0.05) is 0 Å². The van der Waals surface area contributed by atoms with E-state index in [0.29, 0.717) is 24.2 Å². The van der Waals surface area contributed by atoms with Crippen LogP contribution in [0.15, 0.2) is 18.2 Å². The van der Waals surface area contributed by atoms with Crippen LogP contribution in [0.5, 0.6) is 5.75 Å². The van der Waals surface area contributed by atoms with Crippen LogP contribution in [0.3, 0.4) is 0 Å². The molecule has 0 spiro atoms. The molecule has 1 aromatic rings. The summed E-state index contributed by atoms with van der Waals surface area (Å²) >= 11 is 0. The number of aliphatic hydroxyl groups excluding tert-OH is 3. The average molecular weight is 314 g/mol. The maximum absolute atomic E-state index is 11.9. The average Bonchev–Trinajstić information content (AvgIpc) is 2.54. The highest BCUT2D eigenvalue weighted by atomic mass is 16.7. The molecular formula is C15H22O7. The van der Waals surface area contributed by atoms with Gasteiger partial charge in [0.2, 0.25) is 0 Å². The maximum atomic E-state index is 11.9. The minimum absolute atomic E-state index is 0.0465. The van der Waals surface area contributed by atoms with E-state index in [1.54, 1.807) is 12.1 Å². The molecule has 0 atom stereocenters. The van der Waals surface area contributed by atoms with Crippen molar-refractivity contribution in [2.45, 2.75) is 12.8 Å². The number of carbonyl (C=O) groups excluding carboxylic acids is 1. The molecule has 0 radical (unpaired) electrons. The Morgan fingerprint density at radius 3 is 2.45 bits per heavy atom. The van der Waals surface area contributed by atoms with Gasteiger partial charge in [-0.15, -0.1) is 0 Å². The largest absolute Gasteiger partial charge is 0.468 e. The van der Waals surface area contributed by atoms with Gasteiger partial charge in [0.15, 0.2) is 6.79 Å². The molecule has 0 bridgehead atoms. The van der Waals surface area contributed by atoms with Crippen molar-refractivity contribution in [3.63, 3.8) is 0 Å². The molecule has 1 rings (SSSR count). The van der Waals surface area contributed by atoms with E-state index < -0.39 is 5.97 Å². The highest BCUT2D eigenvalue weighted by molar-refractivity contribution is 5.90. The molecule has 22 heavy (non-hydrogen) atoms. The maximum Gasteiger partial charge on any atom is 0.338 e. The van der Waals surface area contributed by atoms with Crippen LogP contribution in [0.1, 0.15) is 22.3 Å². The quantitative estimate of drug-likeness (QED) is 0.302. The highest BCUT2D eigenvalue weighted by Crippen LogP contribution is 2.19. The number of benzene rings is 1. The van der Waals surface area contributed by atoms with Gasteiger partial charge in [-0.2, -0.15) is 0 Å². The SMILES string of the molecule is O=C(OCCO)c1cc(CCCO)cc(OCOCCO)c1. The van der Waals surface area contributed by atoms with Crippen molar-refractivity contribution < 1.29 is 34.3 Å². The van der Waals surface area contributed by atoms with E-state index in [1.807, 2.05) is 0 Å². The first-order valence-electron chi connectivity index (χ1n) is 7.05. The highest BCUT2D eigenvalue weighted by Gasteiger charge is 2.11. The Kier molecular flexibility index (Phi) is 9.17. The second-order valence-corrected chi connectivity index (χ2v) is 4.45. The first-order valence-corrected chi connectivity index (χ1v) is 7.05. The van der Waals surface area contributed by atoms with Crippen molar-refractivity contribution in [1.82, 2.24) is 0 Å². The number of rotatable bonds is 11. The Hall–Kier alpha value is -1.67. The lowest BCUT2D eigenvalue weighted by Gasteiger charge is -2.11. The van der Waals surface area contributed by atoms with E-state index in [0.717, 1.165) is 5.56 Å². The van der Waals surface area contributed by atoms with Crippen LogP contribution in [0.25, 0.3) is 0 Å². The molecule has 0 aliphatic heterocycles. The number of hydrogen-bond acceptors (Lipinski definition) is 7. The lowest BCUT2D eigenvalue weighted by Crippen LogP contribution is -2.11. The van der Waals surface area contributed by atoms with Gasteiger partial charge in [-0.05, 0) is 36.6 Å². The monoisotopic (exact) mass is 314 g/mol. The number of hydrogen-bond donors (Lipinski definition) is 3. The zero-order chi connectivity index (χ0) is 16.2. The van der Waals surface area contributed by atoms with Crippen LogP contribution >= 0.6 is 0 Å². The Balaban J connectivity index is 2.77. The number of ether oxygens (including phenoxy) is 3. The molecule has 1 aromatic carbocycles. The van der Waals surface area contributed by atoms with E-state index in [-0.39, 0.29) is 39.8 Å². The van der Waals surface area contributed by atoms with E-state index >= 15 is 0 Å². The Bertz CT molecular complexity index is 448. The van der Waals surface area contributed by atoms with Crippen molar-refractivity contribution in [2.24, 2.45) is 0 Å². The first-order chi connectivity index (χ1) is 10.7. The first kappa shape index (κ1) is 18.4. The van der Waals surface area contributed by atoms with Crippen LogP contribution in [0.4, 0.5) is 0 Å². The van der Waals surface area contributed by atoms with Gasteiger partial charge in [0, 0.05) is 6.61 Å². The molecule has 7 heteroatoms. The van der Waals surface area contributed by atoms with Crippen LogP contribution in [-0.4, -0.2) is 61.1 Å². The number of aryl methyl sites for hydroxylation is 1. The fourth-order valence-electron chi connectivity index (χ4n) is 1.74. The summed E-state index contributed by atoms with van der Waals surface area (Å²) in [5.41, 5.74) is 1.13. The van der Waals surface area contributed by atoms with E-state index in [4.69, 9.17) is 29.5 Å². The summed E-state index contributed by atoms with van der Waals surface area (Å²) in [5.74, 6) is -0.120. The van der Waals surface area contributed by atoms with Crippen LogP contribution in [-0.2, 0) is 15.9 Å². The van der Waals surface area contributed by atoms with E-state index in [1.165, 1.54) is 6.07 Å². The minimum atomic E-state index is -0.555. The predicted octanol–water partition coefficient (Wildman–Crippen LogP) is 0.106. The zero-order valence-electron chi connectivity index (χ0n) is 12.4. The lowest BCUT2D eigenvalue weighted by atomic mass is 10.1. The van der Waals surface area contributed by atoms with Gasteiger partial charge in [-0.3, -0.25) is 0 Å². The van der Waals surface area contributed by atoms with E-state index in [2.05, 4.69) is 0 Å². The summed E-state index contributed by atoms with van der Waals surface area (Å²) in [6.07, 6.45) is 1.15.